The van der Waals surface area contributed by atoms with Crippen LogP contribution in [0.5, 0.6) is 5.75 Å². The predicted octanol–water partition coefficient (Wildman–Crippen LogP) is 4.56. The van der Waals surface area contributed by atoms with Gasteiger partial charge in [-0.05, 0) is 56.4 Å². The molecule has 1 aliphatic rings. The molecule has 5 nitrogen and oxygen atoms in total. The minimum Gasteiger partial charge on any atom is -0.494 e. The summed E-state index contributed by atoms with van der Waals surface area (Å²) in [5.41, 5.74) is 1.81. The molecule has 0 N–H and O–H groups in total. The highest BCUT2D eigenvalue weighted by Crippen LogP contribution is 2.23. The molecule has 2 aromatic rings. The number of carbonyl (C=O) groups is 2. The molecule has 5 heteroatoms. The number of piperidine rings is 1. The van der Waals surface area contributed by atoms with E-state index in [0.29, 0.717) is 32.5 Å². The zero-order valence-corrected chi connectivity index (χ0v) is 18.8. The SMILES string of the molecule is CCCN(C(=O)CCc1ccccc1OCC)C1CCN(C(=O)c2ccccc2)CC1. The molecular formula is C26H34N2O3. The summed E-state index contributed by atoms with van der Waals surface area (Å²) in [7, 11) is 0. The number of amides is 2. The van der Waals surface area contributed by atoms with Crippen molar-refractivity contribution in [3.63, 3.8) is 0 Å². The summed E-state index contributed by atoms with van der Waals surface area (Å²) in [6.45, 7) is 6.85. The van der Waals surface area contributed by atoms with Gasteiger partial charge in [-0.2, -0.15) is 0 Å². The van der Waals surface area contributed by atoms with Crippen molar-refractivity contribution >= 4 is 11.8 Å². The zero-order chi connectivity index (χ0) is 22.1. The maximum absolute atomic E-state index is 13.1. The van der Waals surface area contributed by atoms with E-state index in [4.69, 9.17) is 4.74 Å². The highest BCUT2D eigenvalue weighted by Gasteiger charge is 2.29. The largest absolute Gasteiger partial charge is 0.494 e. The van der Waals surface area contributed by atoms with Crippen LogP contribution in [0.3, 0.4) is 0 Å². The van der Waals surface area contributed by atoms with E-state index in [2.05, 4.69) is 6.92 Å². The standard InChI is InChI=1S/C26H34N2O3/c1-3-18-28(25(29)15-14-21-10-8-9-13-24(21)31-4-2)23-16-19-27(20-17-23)26(30)22-11-6-5-7-12-22/h5-13,23H,3-4,14-20H2,1-2H3. The summed E-state index contributed by atoms with van der Waals surface area (Å²) in [5, 5.41) is 0. The van der Waals surface area contributed by atoms with Crippen molar-refractivity contribution in [2.75, 3.05) is 26.2 Å². The van der Waals surface area contributed by atoms with Crippen LogP contribution in [0.2, 0.25) is 0 Å². The van der Waals surface area contributed by atoms with E-state index < -0.39 is 0 Å². The zero-order valence-electron chi connectivity index (χ0n) is 18.8. The summed E-state index contributed by atoms with van der Waals surface area (Å²) in [5.74, 6) is 1.15. The lowest BCUT2D eigenvalue weighted by molar-refractivity contribution is -0.134. The van der Waals surface area contributed by atoms with Gasteiger partial charge in [0.15, 0.2) is 0 Å². The molecule has 0 aliphatic carbocycles. The number of hydrogen-bond acceptors (Lipinski definition) is 3. The molecule has 1 fully saturated rings. The molecule has 0 bridgehead atoms. The van der Waals surface area contributed by atoms with Crippen LogP contribution in [0.1, 0.15) is 55.5 Å². The van der Waals surface area contributed by atoms with Crippen molar-refractivity contribution in [3.05, 3.63) is 65.7 Å². The maximum atomic E-state index is 13.1. The highest BCUT2D eigenvalue weighted by atomic mass is 16.5. The third-order valence-electron chi connectivity index (χ3n) is 5.88. The third-order valence-corrected chi connectivity index (χ3v) is 5.88. The van der Waals surface area contributed by atoms with Crippen molar-refractivity contribution in [2.24, 2.45) is 0 Å². The number of hydrogen-bond donors (Lipinski definition) is 0. The number of para-hydroxylation sites is 1. The lowest BCUT2D eigenvalue weighted by Gasteiger charge is -2.38. The monoisotopic (exact) mass is 422 g/mol. The predicted molar refractivity (Wildman–Crippen MR) is 123 cm³/mol. The molecule has 0 saturated carbocycles. The van der Waals surface area contributed by atoms with Crippen molar-refractivity contribution in [2.45, 2.75) is 52.0 Å². The Labute approximate surface area is 186 Å². The van der Waals surface area contributed by atoms with Crippen LogP contribution < -0.4 is 4.74 Å². The Morgan fingerprint density at radius 3 is 2.35 bits per heavy atom. The van der Waals surface area contributed by atoms with Gasteiger partial charge in [0.2, 0.25) is 5.91 Å². The second-order valence-electron chi connectivity index (χ2n) is 8.02. The Balaban J connectivity index is 1.57. The molecule has 0 atom stereocenters. The highest BCUT2D eigenvalue weighted by molar-refractivity contribution is 5.94. The normalized spacial score (nSPS) is 14.3. The fraction of sp³-hybridized carbons (Fsp3) is 0.462. The molecule has 1 saturated heterocycles. The Hall–Kier alpha value is -2.82. The average molecular weight is 423 g/mol. The number of rotatable bonds is 9. The Morgan fingerprint density at radius 2 is 1.68 bits per heavy atom. The second kappa shape index (κ2) is 11.5. The number of ether oxygens (including phenoxy) is 1. The maximum Gasteiger partial charge on any atom is 0.253 e. The third kappa shape index (κ3) is 6.09. The first-order valence-corrected chi connectivity index (χ1v) is 11.5. The van der Waals surface area contributed by atoms with Crippen molar-refractivity contribution in [3.8, 4) is 5.75 Å². The molecule has 0 spiro atoms. The van der Waals surface area contributed by atoms with Crippen LogP contribution in [0, 0.1) is 0 Å². The van der Waals surface area contributed by atoms with E-state index in [1.807, 2.05) is 71.3 Å². The quantitative estimate of drug-likeness (QED) is 0.595. The summed E-state index contributed by atoms with van der Waals surface area (Å²) < 4.78 is 5.70. The van der Waals surface area contributed by atoms with Crippen molar-refractivity contribution in [1.82, 2.24) is 9.80 Å². The molecular weight excluding hydrogens is 388 g/mol. The fourth-order valence-electron chi connectivity index (χ4n) is 4.29. The van der Waals surface area contributed by atoms with Crippen LogP contribution in [-0.4, -0.2) is 53.9 Å². The smallest absolute Gasteiger partial charge is 0.253 e. The van der Waals surface area contributed by atoms with Gasteiger partial charge in [0.25, 0.3) is 5.91 Å². The minimum atomic E-state index is 0.0833. The minimum absolute atomic E-state index is 0.0833. The molecule has 2 amide bonds. The van der Waals surface area contributed by atoms with Gasteiger partial charge in [-0.3, -0.25) is 9.59 Å². The molecule has 1 aliphatic heterocycles. The molecule has 3 rings (SSSR count). The summed E-state index contributed by atoms with van der Waals surface area (Å²) in [6.07, 6.45) is 3.76. The van der Waals surface area contributed by atoms with Crippen LogP contribution in [0.25, 0.3) is 0 Å². The molecule has 0 aromatic heterocycles. The van der Waals surface area contributed by atoms with Gasteiger partial charge >= 0.3 is 0 Å². The van der Waals surface area contributed by atoms with Gasteiger partial charge < -0.3 is 14.5 Å². The second-order valence-corrected chi connectivity index (χ2v) is 8.02. The van der Waals surface area contributed by atoms with Gasteiger partial charge in [-0.1, -0.05) is 43.3 Å². The Morgan fingerprint density at radius 1 is 1.00 bits per heavy atom. The molecule has 2 aromatic carbocycles. The first kappa shape index (κ1) is 22.9. The van der Waals surface area contributed by atoms with Crippen LogP contribution in [-0.2, 0) is 11.2 Å². The lowest BCUT2D eigenvalue weighted by Crippen LogP contribution is -2.49. The van der Waals surface area contributed by atoms with Gasteiger partial charge in [0.05, 0.1) is 6.61 Å². The molecule has 166 valence electrons. The fourth-order valence-corrected chi connectivity index (χ4v) is 4.29. The summed E-state index contributed by atoms with van der Waals surface area (Å²) in [4.78, 5) is 29.8. The molecule has 0 unspecified atom stereocenters. The first-order chi connectivity index (χ1) is 15.1. The summed E-state index contributed by atoms with van der Waals surface area (Å²) in [6, 6.07) is 17.6. The topological polar surface area (TPSA) is 49.9 Å². The van der Waals surface area contributed by atoms with E-state index in [-0.39, 0.29) is 17.9 Å². The van der Waals surface area contributed by atoms with E-state index in [9.17, 15) is 9.59 Å². The molecule has 0 radical (unpaired) electrons. The van der Waals surface area contributed by atoms with Crippen LogP contribution in [0.15, 0.2) is 54.6 Å². The van der Waals surface area contributed by atoms with Gasteiger partial charge in [-0.15, -0.1) is 0 Å². The van der Waals surface area contributed by atoms with Crippen molar-refractivity contribution < 1.29 is 14.3 Å². The Kier molecular flexibility index (Phi) is 8.51. The summed E-state index contributed by atoms with van der Waals surface area (Å²) >= 11 is 0. The van der Waals surface area contributed by atoms with E-state index >= 15 is 0 Å². The van der Waals surface area contributed by atoms with Gasteiger partial charge in [0.1, 0.15) is 5.75 Å². The average Bonchev–Trinajstić information content (AvgIpc) is 2.82. The number of carbonyl (C=O) groups excluding carboxylic acids is 2. The molecule has 1 heterocycles. The van der Waals surface area contributed by atoms with Gasteiger partial charge in [0, 0.05) is 37.7 Å². The number of nitrogens with zero attached hydrogens (tertiary/aromatic N) is 2. The Bertz CT molecular complexity index is 845. The number of aryl methyl sites for hydroxylation is 1. The van der Waals surface area contributed by atoms with E-state index in [0.717, 1.165) is 42.7 Å². The molecule has 31 heavy (non-hydrogen) atoms. The lowest BCUT2D eigenvalue weighted by atomic mass is 10.0. The van der Waals surface area contributed by atoms with E-state index in [1.54, 1.807) is 0 Å². The first-order valence-electron chi connectivity index (χ1n) is 11.5. The van der Waals surface area contributed by atoms with Crippen LogP contribution in [0.4, 0.5) is 0 Å². The number of likely N-dealkylation sites (tertiary alicyclic amines) is 1. The van der Waals surface area contributed by atoms with Crippen LogP contribution >= 0.6 is 0 Å². The number of benzene rings is 2. The van der Waals surface area contributed by atoms with Crippen molar-refractivity contribution in [1.29, 1.82) is 0 Å². The van der Waals surface area contributed by atoms with E-state index in [1.165, 1.54) is 0 Å². The van der Waals surface area contributed by atoms with Gasteiger partial charge in [-0.25, -0.2) is 0 Å².